The Morgan fingerprint density at radius 3 is 2.78 bits per heavy atom. The van der Waals surface area contributed by atoms with Crippen LogP contribution in [0.1, 0.15) is 16.1 Å². The fourth-order valence-corrected chi connectivity index (χ4v) is 2.67. The largest absolute Gasteiger partial charge is 0.478 e. The Kier molecular flexibility index (Phi) is 3.89. The van der Waals surface area contributed by atoms with Crippen LogP contribution < -0.4 is 0 Å². The van der Waals surface area contributed by atoms with Gasteiger partial charge < -0.3 is 5.11 Å². The molecule has 0 aliphatic carbocycles. The second-order valence-corrected chi connectivity index (χ2v) is 5.23. The lowest BCUT2D eigenvalue weighted by Crippen LogP contribution is -1.98. The molecule has 5 heteroatoms. The van der Waals surface area contributed by atoms with E-state index in [1.807, 2.05) is 18.2 Å². The van der Waals surface area contributed by atoms with Crippen molar-refractivity contribution in [2.75, 3.05) is 0 Å². The number of hydrogen-bond donors (Lipinski definition) is 1. The molecule has 2 rings (SSSR count). The van der Waals surface area contributed by atoms with Gasteiger partial charge in [0.15, 0.2) is 0 Å². The van der Waals surface area contributed by atoms with E-state index in [0.717, 1.165) is 4.90 Å². The van der Waals surface area contributed by atoms with Gasteiger partial charge in [0.05, 0.1) is 5.56 Å². The van der Waals surface area contributed by atoms with Crippen LogP contribution >= 0.6 is 23.4 Å². The van der Waals surface area contributed by atoms with Crippen molar-refractivity contribution in [3.63, 3.8) is 0 Å². The van der Waals surface area contributed by atoms with Crippen molar-refractivity contribution >= 4 is 29.3 Å². The molecule has 0 atom stereocenters. The molecule has 3 nitrogen and oxygen atoms in total. The minimum Gasteiger partial charge on any atom is -0.478 e. The van der Waals surface area contributed by atoms with Crippen LogP contribution in [0.5, 0.6) is 0 Å². The van der Waals surface area contributed by atoms with E-state index in [1.54, 1.807) is 25.1 Å². The Balaban J connectivity index is 2.31. The molecule has 0 saturated heterocycles. The van der Waals surface area contributed by atoms with Crippen LogP contribution in [0.2, 0.25) is 5.02 Å². The van der Waals surface area contributed by atoms with Crippen LogP contribution in [0, 0.1) is 6.92 Å². The van der Waals surface area contributed by atoms with Gasteiger partial charge in [-0.2, -0.15) is 0 Å². The zero-order chi connectivity index (χ0) is 13.1. The van der Waals surface area contributed by atoms with E-state index in [0.29, 0.717) is 15.7 Å². The van der Waals surface area contributed by atoms with Gasteiger partial charge in [-0.15, -0.1) is 0 Å². The number of benzene rings is 1. The first kappa shape index (κ1) is 12.9. The summed E-state index contributed by atoms with van der Waals surface area (Å²) in [6, 6.07) is 10.5. The van der Waals surface area contributed by atoms with Crippen LogP contribution in [0.25, 0.3) is 0 Å². The molecule has 18 heavy (non-hydrogen) atoms. The third kappa shape index (κ3) is 3.24. The normalized spacial score (nSPS) is 10.3. The van der Waals surface area contributed by atoms with Gasteiger partial charge in [-0.25, -0.2) is 9.78 Å². The van der Waals surface area contributed by atoms with Gasteiger partial charge in [0.2, 0.25) is 0 Å². The van der Waals surface area contributed by atoms with Crippen LogP contribution in [0.15, 0.2) is 46.3 Å². The highest BCUT2D eigenvalue weighted by atomic mass is 35.5. The Labute approximate surface area is 114 Å². The van der Waals surface area contributed by atoms with Crippen LogP contribution in [-0.2, 0) is 0 Å². The number of aromatic carboxylic acids is 1. The molecule has 0 spiro atoms. The molecule has 0 radical (unpaired) electrons. The van der Waals surface area contributed by atoms with Crippen molar-refractivity contribution in [3.8, 4) is 0 Å². The first-order valence-corrected chi connectivity index (χ1v) is 6.39. The Bertz CT molecular complexity index is 601. The fourth-order valence-electron chi connectivity index (χ4n) is 1.47. The van der Waals surface area contributed by atoms with E-state index in [-0.39, 0.29) is 5.56 Å². The van der Waals surface area contributed by atoms with E-state index in [2.05, 4.69) is 4.98 Å². The molecule has 0 aliphatic heterocycles. The quantitative estimate of drug-likeness (QED) is 0.926. The molecule has 2 aromatic rings. The van der Waals surface area contributed by atoms with Crippen LogP contribution in [0.4, 0.5) is 0 Å². The summed E-state index contributed by atoms with van der Waals surface area (Å²) in [6.07, 6.45) is 0. The lowest BCUT2D eigenvalue weighted by molar-refractivity contribution is 0.0696. The number of rotatable bonds is 3. The second kappa shape index (κ2) is 5.42. The molecule has 0 saturated carbocycles. The number of halogens is 1. The van der Waals surface area contributed by atoms with Crippen molar-refractivity contribution in [3.05, 3.63) is 52.7 Å². The molecule has 1 aromatic heterocycles. The number of carbonyl (C=O) groups is 1. The summed E-state index contributed by atoms with van der Waals surface area (Å²) in [5, 5.41) is 10.3. The highest BCUT2D eigenvalue weighted by molar-refractivity contribution is 7.99. The summed E-state index contributed by atoms with van der Waals surface area (Å²) < 4.78 is 0. The summed E-state index contributed by atoms with van der Waals surface area (Å²) in [5.74, 6) is -0.951. The predicted molar refractivity (Wildman–Crippen MR) is 71.5 cm³/mol. The number of nitrogens with zero attached hydrogens (tertiary/aromatic N) is 1. The van der Waals surface area contributed by atoms with Gasteiger partial charge in [-0.3, -0.25) is 0 Å². The summed E-state index contributed by atoms with van der Waals surface area (Å²) in [7, 11) is 0. The maximum atomic E-state index is 11.0. The molecular formula is C13H10ClNO2S. The highest BCUT2D eigenvalue weighted by Crippen LogP contribution is 2.28. The lowest BCUT2D eigenvalue weighted by Gasteiger charge is -2.04. The number of aromatic nitrogens is 1. The zero-order valence-corrected chi connectivity index (χ0v) is 11.1. The number of pyridine rings is 1. The van der Waals surface area contributed by atoms with Gasteiger partial charge >= 0.3 is 5.97 Å². The first-order valence-electron chi connectivity index (χ1n) is 5.20. The van der Waals surface area contributed by atoms with Gasteiger partial charge in [0, 0.05) is 15.6 Å². The molecule has 0 bridgehead atoms. The SMILES string of the molecule is Cc1cc(C(=O)O)cc(Sc2cccc(Cl)c2)n1. The monoisotopic (exact) mass is 279 g/mol. The molecule has 0 fully saturated rings. The Hall–Kier alpha value is -1.52. The molecular weight excluding hydrogens is 270 g/mol. The van der Waals surface area contributed by atoms with E-state index in [9.17, 15) is 4.79 Å². The topological polar surface area (TPSA) is 50.2 Å². The average Bonchev–Trinajstić information content (AvgIpc) is 2.28. The van der Waals surface area contributed by atoms with Crippen LogP contribution in [-0.4, -0.2) is 16.1 Å². The summed E-state index contributed by atoms with van der Waals surface area (Å²) >= 11 is 7.28. The number of aryl methyl sites for hydroxylation is 1. The molecule has 0 amide bonds. The number of carboxylic acid groups (broad SMARTS) is 1. The molecule has 0 aliphatic rings. The van der Waals surface area contributed by atoms with Crippen molar-refractivity contribution in [2.45, 2.75) is 16.8 Å². The molecule has 92 valence electrons. The van der Waals surface area contributed by atoms with Crippen molar-refractivity contribution in [1.82, 2.24) is 4.98 Å². The van der Waals surface area contributed by atoms with E-state index in [1.165, 1.54) is 11.8 Å². The van der Waals surface area contributed by atoms with E-state index >= 15 is 0 Å². The van der Waals surface area contributed by atoms with Gasteiger partial charge in [0.25, 0.3) is 0 Å². The predicted octanol–water partition coefficient (Wildman–Crippen LogP) is 3.89. The lowest BCUT2D eigenvalue weighted by atomic mass is 10.2. The number of carboxylic acids is 1. The molecule has 0 unspecified atom stereocenters. The van der Waals surface area contributed by atoms with Gasteiger partial charge in [-0.05, 0) is 37.3 Å². The summed E-state index contributed by atoms with van der Waals surface area (Å²) in [6.45, 7) is 1.77. The molecule has 1 heterocycles. The molecule has 1 N–H and O–H groups in total. The van der Waals surface area contributed by atoms with Crippen LogP contribution in [0.3, 0.4) is 0 Å². The average molecular weight is 280 g/mol. The molecule has 1 aromatic carbocycles. The number of hydrogen-bond acceptors (Lipinski definition) is 3. The second-order valence-electron chi connectivity index (χ2n) is 3.70. The smallest absolute Gasteiger partial charge is 0.335 e. The third-order valence-electron chi connectivity index (χ3n) is 2.20. The van der Waals surface area contributed by atoms with Crippen molar-refractivity contribution < 1.29 is 9.90 Å². The van der Waals surface area contributed by atoms with Gasteiger partial charge in [0.1, 0.15) is 5.03 Å². The standard InChI is InChI=1S/C13H10ClNO2S/c1-8-5-9(13(16)17)6-12(15-8)18-11-4-2-3-10(14)7-11/h2-7H,1H3,(H,16,17). The summed E-state index contributed by atoms with van der Waals surface area (Å²) in [5.41, 5.74) is 0.923. The Morgan fingerprint density at radius 2 is 2.11 bits per heavy atom. The maximum absolute atomic E-state index is 11.0. The zero-order valence-electron chi connectivity index (χ0n) is 9.55. The van der Waals surface area contributed by atoms with Gasteiger partial charge in [-0.1, -0.05) is 29.4 Å². The fraction of sp³-hybridized carbons (Fsp3) is 0.0769. The highest BCUT2D eigenvalue weighted by Gasteiger charge is 2.08. The summed E-state index contributed by atoms with van der Waals surface area (Å²) in [4.78, 5) is 16.2. The minimum atomic E-state index is -0.951. The van der Waals surface area contributed by atoms with E-state index in [4.69, 9.17) is 16.7 Å². The first-order chi connectivity index (χ1) is 8.54. The van der Waals surface area contributed by atoms with E-state index < -0.39 is 5.97 Å². The van der Waals surface area contributed by atoms with Crippen molar-refractivity contribution in [2.24, 2.45) is 0 Å². The van der Waals surface area contributed by atoms with Crippen molar-refractivity contribution in [1.29, 1.82) is 0 Å². The third-order valence-corrected chi connectivity index (χ3v) is 3.34. The Morgan fingerprint density at radius 1 is 1.33 bits per heavy atom. The minimum absolute atomic E-state index is 0.243. The maximum Gasteiger partial charge on any atom is 0.335 e.